The summed E-state index contributed by atoms with van der Waals surface area (Å²) in [5.41, 5.74) is -1.66. The van der Waals surface area contributed by atoms with E-state index >= 15 is 0 Å². The fourth-order valence-electron chi connectivity index (χ4n) is 1.32. The van der Waals surface area contributed by atoms with Crippen LogP contribution in [0.2, 0.25) is 5.02 Å². The van der Waals surface area contributed by atoms with Gasteiger partial charge in [-0.15, -0.1) is 0 Å². The maximum absolute atomic E-state index is 13.4. The van der Waals surface area contributed by atoms with Crippen LogP contribution in [-0.2, 0) is 9.59 Å². The topological polar surface area (TPSA) is 66.4 Å². The van der Waals surface area contributed by atoms with Gasteiger partial charge in [0.25, 0.3) is 0 Å². The Balaban J connectivity index is 2.87. The monoisotopic (exact) mass is 291 g/mol. The van der Waals surface area contributed by atoms with E-state index in [4.69, 9.17) is 16.7 Å². The molecule has 0 heterocycles. The summed E-state index contributed by atoms with van der Waals surface area (Å²) in [5.74, 6) is -3.77. The van der Waals surface area contributed by atoms with Crippen molar-refractivity contribution in [1.82, 2.24) is 0 Å². The number of aliphatic carboxylic acids is 1. The van der Waals surface area contributed by atoms with Gasteiger partial charge in [0.05, 0.1) is 16.1 Å². The molecule has 0 fully saturated rings. The summed E-state index contributed by atoms with van der Waals surface area (Å²) in [4.78, 5) is 22.5. The Labute approximate surface area is 113 Å². The fraction of sp³-hybridized carbons (Fsp3) is 0.333. The number of halogens is 3. The third-order valence-corrected chi connectivity index (χ3v) is 2.75. The molecule has 0 aliphatic carbocycles. The SMILES string of the molecule is CC(C)(CC(=O)Nc1c(F)cc(F)cc1Cl)C(=O)O. The zero-order valence-corrected chi connectivity index (χ0v) is 11.0. The number of amides is 1. The highest BCUT2D eigenvalue weighted by atomic mass is 35.5. The number of hydrogen-bond acceptors (Lipinski definition) is 2. The average Bonchev–Trinajstić information content (AvgIpc) is 2.22. The minimum Gasteiger partial charge on any atom is -0.481 e. The van der Waals surface area contributed by atoms with Gasteiger partial charge in [0.15, 0.2) is 5.82 Å². The van der Waals surface area contributed by atoms with E-state index in [9.17, 15) is 18.4 Å². The molecular weight excluding hydrogens is 280 g/mol. The van der Waals surface area contributed by atoms with Crippen molar-refractivity contribution in [3.8, 4) is 0 Å². The van der Waals surface area contributed by atoms with Crippen molar-refractivity contribution >= 4 is 29.2 Å². The van der Waals surface area contributed by atoms with Crippen LogP contribution in [0, 0.1) is 17.0 Å². The first-order valence-corrected chi connectivity index (χ1v) is 5.69. The Hall–Kier alpha value is -1.69. The predicted octanol–water partition coefficient (Wildman–Crippen LogP) is 3.06. The summed E-state index contributed by atoms with van der Waals surface area (Å²) in [6, 6.07) is 1.42. The fourth-order valence-corrected chi connectivity index (χ4v) is 1.56. The Bertz CT molecular complexity index is 509. The molecular formula is C12H12ClF2NO3. The molecule has 1 amide bonds. The van der Waals surface area contributed by atoms with E-state index in [1.165, 1.54) is 13.8 Å². The normalized spacial score (nSPS) is 11.2. The third-order valence-electron chi connectivity index (χ3n) is 2.45. The van der Waals surface area contributed by atoms with Gasteiger partial charge in [-0.1, -0.05) is 11.6 Å². The number of carboxylic acids is 1. The second kappa shape index (κ2) is 5.52. The molecule has 1 aromatic carbocycles. The van der Waals surface area contributed by atoms with Crippen LogP contribution in [0.15, 0.2) is 12.1 Å². The smallest absolute Gasteiger partial charge is 0.309 e. The summed E-state index contributed by atoms with van der Waals surface area (Å²) < 4.78 is 26.2. The molecule has 0 bridgehead atoms. The lowest BCUT2D eigenvalue weighted by Gasteiger charge is -2.18. The van der Waals surface area contributed by atoms with E-state index in [2.05, 4.69) is 5.32 Å². The molecule has 7 heteroatoms. The molecule has 2 N–H and O–H groups in total. The number of carboxylic acid groups (broad SMARTS) is 1. The zero-order chi connectivity index (χ0) is 14.8. The molecule has 0 aliphatic rings. The molecule has 0 saturated carbocycles. The third kappa shape index (κ3) is 3.89. The summed E-state index contributed by atoms with van der Waals surface area (Å²) in [5, 5.41) is 10.7. The van der Waals surface area contributed by atoms with Crippen LogP contribution in [0.25, 0.3) is 0 Å². The first-order chi connectivity index (χ1) is 8.63. The van der Waals surface area contributed by atoms with E-state index in [0.29, 0.717) is 6.07 Å². The summed E-state index contributed by atoms with van der Waals surface area (Å²) >= 11 is 5.60. The highest BCUT2D eigenvalue weighted by Crippen LogP contribution is 2.28. The standard InChI is InChI=1S/C12H12ClF2NO3/c1-12(2,11(18)19)5-9(17)16-10-7(13)3-6(14)4-8(10)15/h3-4H,5H2,1-2H3,(H,16,17)(H,18,19). The maximum atomic E-state index is 13.4. The number of hydrogen-bond donors (Lipinski definition) is 2. The van der Waals surface area contributed by atoms with Crippen molar-refractivity contribution in [3.05, 3.63) is 28.8 Å². The Morgan fingerprint density at radius 1 is 1.37 bits per heavy atom. The van der Waals surface area contributed by atoms with Crippen LogP contribution in [0.1, 0.15) is 20.3 Å². The number of carbonyl (C=O) groups excluding carboxylic acids is 1. The lowest BCUT2D eigenvalue weighted by atomic mass is 9.89. The molecule has 1 rings (SSSR count). The lowest BCUT2D eigenvalue weighted by molar-refractivity contribution is -0.148. The Kier molecular flexibility index (Phi) is 4.47. The molecule has 104 valence electrons. The van der Waals surface area contributed by atoms with Crippen molar-refractivity contribution in [2.24, 2.45) is 5.41 Å². The van der Waals surface area contributed by atoms with Crippen molar-refractivity contribution in [2.75, 3.05) is 5.32 Å². The molecule has 0 aromatic heterocycles. The molecule has 0 unspecified atom stereocenters. The van der Waals surface area contributed by atoms with Gasteiger partial charge < -0.3 is 10.4 Å². The molecule has 0 atom stereocenters. The van der Waals surface area contributed by atoms with Gasteiger partial charge in [-0.05, 0) is 19.9 Å². The van der Waals surface area contributed by atoms with Gasteiger partial charge in [0.1, 0.15) is 5.82 Å². The first-order valence-electron chi connectivity index (χ1n) is 5.31. The van der Waals surface area contributed by atoms with Crippen LogP contribution in [0.3, 0.4) is 0 Å². The molecule has 0 saturated heterocycles. The van der Waals surface area contributed by atoms with Crippen LogP contribution in [0.4, 0.5) is 14.5 Å². The predicted molar refractivity (Wildman–Crippen MR) is 66.0 cm³/mol. The molecule has 0 aliphatic heterocycles. The van der Waals surface area contributed by atoms with E-state index in [0.717, 1.165) is 6.07 Å². The second-order valence-corrected chi connectivity index (χ2v) is 5.07. The number of carbonyl (C=O) groups is 2. The zero-order valence-electron chi connectivity index (χ0n) is 10.3. The van der Waals surface area contributed by atoms with Crippen LogP contribution in [0.5, 0.6) is 0 Å². The van der Waals surface area contributed by atoms with Gasteiger partial charge in [-0.2, -0.15) is 0 Å². The lowest BCUT2D eigenvalue weighted by Crippen LogP contribution is -2.29. The van der Waals surface area contributed by atoms with Crippen LogP contribution >= 0.6 is 11.6 Å². The number of rotatable bonds is 4. The summed E-state index contributed by atoms with van der Waals surface area (Å²) in [6.07, 6.45) is -0.366. The molecule has 0 spiro atoms. The van der Waals surface area contributed by atoms with Crippen LogP contribution in [-0.4, -0.2) is 17.0 Å². The van der Waals surface area contributed by atoms with Crippen molar-refractivity contribution in [3.63, 3.8) is 0 Å². The molecule has 4 nitrogen and oxygen atoms in total. The minimum atomic E-state index is -1.30. The van der Waals surface area contributed by atoms with Gasteiger partial charge in [-0.25, -0.2) is 8.78 Å². The second-order valence-electron chi connectivity index (χ2n) is 4.66. The Morgan fingerprint density at radius 3 is 2.42 bits per heavy atom. The quantitative estimate of drug-likeness (QED) is 0.896. The average molecular weight is 292 g/mol. The highest BCUT2D eigenvalue weighted by Gasteiger charge is 2.30. The van der Waals surface area contributed by atoms with E-state index in [-0.39, 0.29) is 17.1 Å². The van der Waals surface area contributed by atoms with E-state index in [1.54, 1.807) is 0 Å². The van der Waals surface area contributed by atoms with E-state index < -0.39 is 28.9 Å². The number of nitrogens with one attached hydrogen (secondary N) is 1. The van der Waals surface area contributed by atoms with Crippen molar-refractivity contribution in [1.29, 1.82) is 0 Å². The van der Waals surface area contributed by atoms with Crippen LogP contribution < -0.4 is 5.32 Å². The summed E-state index contributed by atoms with van der Waals surface area (Å²) in [7, 11) is 0. The van der Waals surface area contributed by atoms with Gasteiger partial charge >= 0.3 is 5.97 Å². The van der Waals surface area contributed by atoms with Gasteiger partial charge in [-0.3, -0.25) is 9.59 Å². The summed E-state index contributed by atoms with van der Waals surface area (Å²) in [6.45, 7) is 2.72. The number of anilines is 1. The molecule has 0 radical (unpaired) electrons. The molecule has 1 aromatic rings. The first kappa shape index (κ1) is 15.4. The van der Waals surface area contributed by atoms with Crippen molar-refractivity contribution < 1.29 is 23.5 Å². The highest BCUT2D eigenvalue weighted by molar-refractivity contribution is 6.33. The molecule has 19 heavy (non-hydrogen) atoms. The number of benzene rings is 1. The van der Waals surface area contributed by atoms with Gasteiger partial charge in [0, 0.05) is 12.5 Å². The van der Waals surface area contributed by atoms with Gasteiger partial charge in [0.2, 0.25) is 5.91 Å². The van der Waals surface area contributed by atoms with E-state index in [1.807, 2.05) is 0 Å². The maximum Gasteiger partial charge on any atom is 0.309 e. The largest absolute Gasteiger partial charge is 0.481 e. The minimum absolute atomic E-state index is 0.293. The van der Waals surface area contributed by atoms with Crippen molar-refractivity contribution in [2.45, 2.75) is 20.3 Å². The Morgan fingerprint density at radius 2 is 1.95 bits per heavy atom.